The maximum atomic E-state index is 12.2. The highest BCUT2D eigenvalue weighted by molar-refractivity contribution is 7.99. The van der Waals surface area contributed by atoms with Gasteiger partial charge in [0.05, 0.1) is 12.8 Å². The molecule has 130 valence electrons. The first-order chi connectivity index (χ1) is 12.2. The van der Waals surface area contributed by atoms with Crippen molar-refractivity contribution in [3.63, 3.8) is 0 Å². The quantitative estimate of drug-likeness (QED) is 0.493. The van der Waals surface area contributed by atoms with Crippen molar-refractivity contribution in [2.24, 2.45) is 7.05 Å². The topological polar surface area (TPSA) is 97.7 Å². The Morgan fingerprint density at radius 2 is 2.24 bits per heavy atom. The fourth-order valence-electron chi connectivity index (χ4n) is 2.24. The molecule has 0 spiro atoms. The molecule has 0 atom stereocenters. The second-order valence-corrected chi connectivity index (χ2v) is 6.26. The van der Waals surface area contributed by atoms with Crippen molar-refractivity contribution in [1.82, 2.24) is 30.3 Å². The number of carbonyl (C=O) groups is 1. The first-order valence-electron chi connectivity index (χ1n) is 7.63. The van der Waals surface area contributed by atoms with Gasteiger partial charge < -0.3 is 14.6 Å². The predicted octanol–water partition coefficient (Wildman–Crippen LogP) is 1.74. The van der Waals surface area contributed by atoms with Crippen molar-refractivity contribution in [3.05, 3.63) is 42.4 Å². The lowest BCUT2D eigenvalue weighted by Crippen LogP contribution is -2.26. The molecule has 3 aromatic rings. The molecule has 0 aliphatic rings. The minimum Gasteiger partial charge on any atom is -0.496 e. The van der Waals surface area contributed by atoms with E-state index in [1.807, 2.05) is 35.9 Å². The summed E-state index contributed by atoms with van der Waals surface area (Å²) in [6.07, 6.45) is 1.64. The number of para-hydroxylation sites is 1. The van der Waals surface area contributed by atoms with E-state index in [-0.39, 0.29) is 5.91 Å². The van der Waals surface area contributed by atoms with Crippen LogP contribution < -0.4 is 10.1 Å². The summed E-state index contributed by atoms with van der Waals surface area (Å²) in [7, 11) is 3.48. The molecule has 2 heterocycles. The fraction of sp³-hybridized carbons (Fsp3) is 0.250. The number of hydrogen-bond acceptors (Lipinski definition) is 6. The highest BCUT2D eigenvalue weighted by Crippen LogP contribution is 2.28. The number of amides is 1. The standard InChI is InChI=1S/C16H18N6O2S/c1-22-10-18-21-16(22)25-8-7-17-15(23)13-9-12(19-20-13)11-5-3-4-6-14(11)24-2/h3-6,9-10H,7-8H2,1-2H3,(H,17,23)(H,19,20). The molecular formula is C16H18N6O2S. The van der Waals surface area contributed by atoms with Gasteiger partial charge in [-0.2, -0.15) is 5.10 Å². The van der Waals surface area contributed by atoms with Crippen LogP contribution >= 0.6 is 11.8 Å². The van der Waals surface area contributed by atoms with Crippen molar-refractivity contribution in [2.75, 3.05) is 19.4 Å². The summed E-state index contributed by atoms with van der Waals surface area (Å²) in [5, 5.41) is 18.4. The van der Waals surface area contributed by atoms with E-state index in [1.165, 1.54) is 11.8 Å². The van der Waals surface area contributed by atoms with E-state index >= 15 is 0 Å². The number of rotatable bonds is 7. The van der Waals surface area contributed by atoms with Crippen LogP contribution in [0.1, 0.15) is 10.5 Å². The lowest BCUT2D eigenvalue weighted by atomic mass is 10.1. The zero-order valence-corrected chi connectivity index (χ0v) is 14.7. The number of nitrogens with zero attached hydrogens (tertiary/aromatic N) is 4. The summed E-state index contributed by atoms with van der Waals surface area (Å²) in [5.74, 6) is 1.21. The van der Waals surface area contributed by atoms with Crippen LogP contribution in [0.2, 0.25) is 0 Å². The molecule has 0 aliphatic carbocycles. The Balaban J connectivity index is 1.56. The average Bonchev–Trinajstić information content (AvgIpc) is 3.28. The van der Waals surface area contributed by atoms with Gasteiger partial charge in [-0.1, -0.05) is 23.9 Å². The van der Waals surface area contributed by atoms with Gasteiger partial charge in [0.1, 0.15) is 17.8 Å². The average molecular weight is 358 g/mol. The first-order valence-corrected chi connectivity index (χ1v) is 8.61. The van der Waals surface area contributed by atoms with Crippen molar-refractivity contribution in [1.29, 1.82) is 0 Å². The number of aryl methyl sites for hydroxylation is 1. The summed E-state index contributed by atoms with van der Waals surface area (Å²) in [6, 6.07) is 9.25. The van der Waals surface area contributed by atoms with E-state index in [2.05, 4.69) is 25.7 Å². The van der Waals surface area contributed by atoms with Crippen LogP contribution in [0.15, 0.2) is 41.8 Å². The zero-order valence-electron chi connectivity index (χ0n) is 13.9. The number of aromatic amines is 1. The summed E-state index contributed by atoms with van der Waals surface area (Å²) in [4.78, 5) is 12.2. The number of benzene rings is 1. The van der Waals surface area contributed by atoms with Gasteiger partial charge in [0.15, 0.2) is 5.16 Å². The Morgan fingerprint density at radius 3 is 3.00 bits per heavy atom. The molecule has 9 heteroatoms. The van der Waals surface area contributed by atoms with Crippen LogP contribution in [0.3, 0.4) is 0 Å². The van der Waals surface area contributed by atoms with Gasteiger partial charge in [-0.25, -0.2) is 0 Å². The van der Waals surface area contributed by atoms with Gasteiger partial charge >= 0.3 is 0 Å². The second-order valence-electron chi connectivity index (χ2n) is 5.20. The smallest absolute Gasteiger partial charge is 0.269 e. The molecule has 25 heavy (non-hydrogen) atoms. The van der Waals surface area contributed by atoms with Gasteiger partial charge in [0, 0.05) is 24.9 Å². The Labute approximate surface area is 149 Å². The fourth-order valence-corrected chi connectivity index (χ4v) is 2.98. The zero-order chi connectivity index (χ0) is 17.6. The van der Waals surface area contributed by atoms with Gasteiger partial charge in [-0.05, 0) is 18.2 Å². The molecule has 0 bridgehead atoms. The minimum atomic E-state index is -0.202. The molecule has 0 saturated heterocycles. The number of thioether (sulfide) groups is 1. The van der Waals surface area contributed by atoms with Crippen molar-refractivity contribution in [3.8, 4) is 17.0 Å². The van der Waals surface area contributed by atoms with Crippen LogP contribution in [-0.4, -0.2) is 50.3 Å². The van der Waals surface area contributed by atoms with E-state index in [1.54, 1.807) is 19.5 Å². The Bertz CT molecular complexity index is 860. The normalized spacial score (nSPS) is 10.6. The maximum absolute atomic E-state index is 12.2. The van der Waals surface area contributed by atoms with Gasteiger partial charge in [0.25, 0.3) is 5.91 Å². The summed E-state index contributed by atoms with van der Waals surface area (Å²) in [5.41, 5.74) is 1.90. The Hall–Kier alpha value is -2.81. The van der Waals surface area contributed by atoms with E-state index in [4.69, 9.17) is 4.74 Å². The molecule has 0 saturated carbocycles. The van der Waals surface area contributed by atoms with Gasteiger partial charge in [0.2, 0.25) is 0 Å². The third-order valence-electron chi connectivity index (χ3n) is 3.49. The SMILES string of the molecule is COc1ccccc1-c1cc(C(=O)NCCSc2nncn2C)[nH]n1. The van der Waals surface area contributed by atoms with E-state index < -0.39 is 0 Å². The van der Waals surface area contributed by atoms with E-state index in [0.29, 0.717) is 29.4 Å². The number of H-pyrrole nitrogens is 1. The highest BCUT2D eigenvalue weighted by Gasteiger charge is 2.13. The summed E-state index contributed by atoms with van der Waals surface area (Å²) < 4.78 is 7.16. The monoisotopic (exact) mass is 358 g/mol. The van der Waals surface area contributed by atoms with Crippen molar-refractivity contribution < 1.29 is 9.53 Å². The van der Waals surface area contributed by atoms with E-state index in [0.717, 1.165) is 10.7 Å². The number of carbonyl (C=O) groups excluding carboxylic acids is 1. The number of methoxy groups -OCH3 is 1. The molecule has 2 N–H and O–H groups in total. The van der Waals surface area contributed by atoms with Gasteiger partial charge in [-0.15, -0.1) is 10.2 Å². The molecule has 3 rings (SSSR count). The maximum Gasteiger partial charge on any atom is 0.269 e. The van der Waals surface area contributed by atoms with Gasteiger partial charge in [-0.3, -0.25) is 9.89 Å². The molecule has 0 radical (unpaired) electrons. The van der Waals surface area contributed by atoms with Crippen LogP contribution in [0.25, 0.3) is 11.3 Å². The molecule has 0 aliphatic heterocycles. The first kappa shape index (κ1) is 17.0. The van der Waals surface area contributed by atoms with Crippen molar-refractivity contribution >= 4 is 17.7 Å². The number of ether oxygens (including phenoxy) is 1. The van der Waals surface area contributed by atoms with Crippen LogP contribution in [0.4, 0.5) is 0 Å². The van der Waals surface area contributed by atoms with Crippen LogP contribution in [0, 0.1) is 0 Å². The lowest BCUT2D eigenvalue weighted by Gasteiger charge is -2.04. The van der Waals surface area contributed by atoms with Crippen LogP contribution in [-0.2, 0) is 7.05 Å². The molecule has 8 nitrogen and oxygen atoms in total. The number of hydrogen-bond donors (Lipinski definition) is 2. The lowest BCUT2D eigenvalue weighted by molar-refractivity contribution is 0.0951. The molecule has 2 aromatic heterocycles. The number of nitrogens with one attached hydrogen (secondary N) is 2. The molecule has 1 aromatic carbocycles. The second kappa shape index (κ2) is 7.84. The third kappa shape index (κ3) is 4.00. The van der Waals surface area contributed by atoms with E-state index in [9.17, 15) is 4.79 Å². The molecule has 0 unspecified atom stereocenters. The third-order valence-corrected chi connectivity index (χ3v) is 4.53. The molecule has 0 fully saturated rings. The molecule has 1 amide bonds. The summed E-state index contributed by atoms with van der Waals surface area (Å²) in [6.45, 7) is 0.513. The Morgan fingerprint density at radius 1 is 1.40 bits per heavy atom. The van der Waals surface area contributed by atoms with Crippen molar-refractivity contribution in [2.45, 2.75) is 5.16 Å². The predicted molar refractivity (Wildman–Crippen MR) is 94.6 cm³/mol. The minimum absolute atomic E-state index is 0.202. The largest absolute Gasteiger partial charge is 0.496 e. The van der Waals surface area contributed by atoms with Crippen LogP contribution in [0.5, 0.6) is 5.75 Å². The number of aromatic nitrogens is 5. The molecular weight excluding hydrogens is 340 g/mol. The Kier molecular flexibility index (Phi) is 5.34. The summed E-state index contributed by atoms with van der Waals surface area (Å²) >= 11 is 1.53. The highest BCUT2D eigenvalue weighted by atomic mass is 32.2.